The zero-order chi connectivity index (χ0) is 8.81. The second-order valence-electron chi connectivity index (χ2n) is 2.66. The quantitative estimate of drug-likeness (QED) is 0.593. The summed E-state index contributed by atoms with van der Waals surface area (Å²) in [6, 6.07) is 0. The minimum absolute atomic E-state index is 0.106. The van der Waals surface area contributed by atoms with Crippen molar-refractivity contribution in [1.29, 1.82) is 0 Å². The van der Waals surface area contributed by atoms with E-state index in [0.717, 1.165) is 13.0 Å². The Balaban J connectivity index is 2.41. The number of hydrogen-bond acceptors (Lipinski definition) is 3. The van der Waals surface area contributed by atoms with Crippen molar-refractivity contribution >= 4 is 0 Å². The van der Waals surface area contributed by atoms with E-state index in [1.807, 2.05) is 12.2 Å². The summed E-state index contributed by atoms with van der Waals surface area (Å²) in [5.74, 6) is 0. The van der Waals surface area contributed by atoms with E-state index in [4.69, 9.17) is 9.47 Å². The van der Waals surface area contributed by atoms with Crippen LogP contribution in [0.1, 0.15) is 6.42 Å². The molecule has 0 aliphatic carbocycles. The van der Waals surface area contributed by atoms with E-state index in [0.29, 0.717) is 13.5 Å². The topological polar surface area (TPSA) is 21.7 Å². The Kier molecular flexibility index (Phi) is 4.00. The Labute approximate surface area is 73.3 Å². The van der Waals surface area contributed by atoms with Crippen LogP contribution in [0.2, 0.25) is 0 Å². The predicted octanol–water partition coefficient (Wildman–Crippen LogP) is 1.34. The van der Waals surface area contributed by atoms with E-state index in [9.17, 15) is 0 Å². The summed E-state index contributed by atoms with van der Waals surface area (Å²) in [4.78, 5) is 2.07. The lowest BCUT2D eigenvalue weighted by molar-refractivity contribution is -0.225. The predicted molar refractivity (Wildman–Crippen MR) is 47.4 cm³/mol. The van der Waals surface area contributed by atoms with Crippen molar-refractivity contribution in [3.8, 4) is 0 Å². The summed E-state index contributed by atoms with van der Waals surface area (Å²) in [6.07, 6.45) is 4.63. The molecule has 3 heteroatoms. The molecule has 0 amide bonds. The van der Waals surface area contributed by atoms with Gasteiger partial charge < -0.3 is 9.47 Å². The number of rotatable bonds is 4. The highest BCUT2D eigenvalue weighted by atomic mass is 16.7. The van der Waals surface area contributed by atoms with Gasteiger partial charge in [-0.3, -0.25) is 4.90 Å². The van der Waals surface area contributed by atoms with E-state index in [-0.39, 0.29) is 6.23 Å². The van der Waals surface area contributed by atoms with Gasteiger partial charge >= 0.3 is 0 Å². The van der Waals surface area contributed by atoms with E-state index in [2.05, 4.69) is 18.1 Å². The molecule has 1 rings (SSSR count). The van der Waals surface area contributed by atoms with Gasteiger partial charge in [0.15, 0.2) is 6.79 Å². The molecule has 0 spiro atoms. The van der Waals surface area contributed by atoms with E-state index in [1.165, 1.54) is 0 Å². The fourth-order valence-electron chi connectivity index (χ4n) is 1.17. The molecule has 1 aliphatic heterocycles. The van der Waals surface area contributed by atoms with Gasteiger partial charge in [0, 0.05) is 13.0 Å². The van der Waals surface area contributed by atoms with Crippen LogP contribution in [-0.2, 0) is 9.47 Å². The van der Waals surface area contributed by atoms with E-state index < -0.39 is 0 Å². The third-order valence-electron chi connectivity index (χ3n) is 1.74. The zero-order valence-electron chi connectivity index (χ0n) is 7.24. The Bertz CT molecular complexity index is 141. The summed E-state index contributed by atoms with van der Waals surface area (Å²) < 4.78 is 10.5. The first kappa shape index (κ1) is 9.45. The van der Waals surface area contributed by atoms with Crippen molar-refractivity contribution in [2.45, 2.75) is 12.6 Å². The van der Waals surface area contributed by atoms with Gasteiger partial charge in [0.2, 0.25) is 0 Å². The van der Waals surface area contributed by atoms with Crippen LogP contribution in [0.25, 0.3) is 0 Å². The van der Waals surface area contributed by atoms with Crippen molar-refractivity contribution in [3.05, 3.63) is 25.3 Å². The largest absolute Gasteiger partial charge is 0.340 e. The molecule has 0 aromatic heterocycles. The molecule has 0 aromatic carbocycles. The van der Waals surface area contributed by atoms with Gasteiger partial charge in [0.05, 0.1) is 0 Å². The lowest BCUT2D eigenvalue weighted by atomic mass is 10.3. The highest BCUT2D eigenvalue weighted by molar-refractivity contribution is 4.79. The van der Waals surface area contributed by atoms with Crippen molar-refractivity contribution < 1.29 is 9.47 Å². The van der Waals surface area contributed by atoms with Gasteiger partial charge in [-0.15, -0.1) is 13.2 Å². The van der Waals surface area contributed by atoms with Crippen molar-refractivity contribution in [2.24, 2.45) is 0 Å². The van der Waals surface area contributed by atoms with E-state index >= 15 is 0 Å². The van der Waals surface area contributed by atoms with E-state index in [1.54, 1.807) is 0 Å². The van der Waals surface area contributed by atoms with Crippen LogP contribution in [0.4, 0.5) is 0 Å². The van der Waals surface area contributed by atoms with Gasteiger partial charge in [-0.2, -0.15) is 0 Å². The molecule has 1 atom stereocenters. The van der Waals surface area contributed by atoms with Gasteiger partial charge in [0.25, 0.3) is 0 Å². The average Bonchev–Trinajstić information content (AvgIpc) is 2.09. The molecule has 0 aromatic rings. The molecule has 3 nitrogen and oxygen atoms in total. The van der Waals surface area contributed by atoms with Crippen LogP contribution in [0, 0.1) is 0 Å². The van der Waals surface area contributed by atoms with Crippen LogP contribution in [0.3, 0.4) is 0 Å². The lowest BCUT2D eigenvalue weighted by Crippen LogP contribution is -2.43. The Morgan fingerprint density at radius 2 is 2.25 bits per heavy atom. The smallest absolute Gasteiger partial charge is 0.150 e. The second-order valence-corrected chi connectivity index (χ2v) is 2.66. The minimum Gasteiger partial charge on any atom is -0.340 e. The van der Waals surface area contributed by atoms with Gasteiger partial charge in [-0.1, -0.05) is 12.2 Å². The van der Waals surface area contributed by atoms with Crippen LogP contribution in [-0.4, -0.2) is 31.2 Å². The highest BCUT2D eigenvalue weighted by Gasteiger charge is 2.20. The van der Waals surface area contributed by atoms with Crippen molar-refractivity contribution in [1.82, 2.24) is 4.90 Å². The molecule has 1 aliphatic rings. The Hall–Kier alpha value is -0.640. The highest BCUT2D eigenvalue weighted by Crippen LogP contribution is 2.11. The standard InChI is InChI=1S/C9H15NO2/c1-3-5-9-10(6-4-2)7-11-8-12-9/h3-4,9H,1-2,5-8H2. The molecule has 12 heavy (non-hydrogen) atoms. The molecule has 1 unspecified atom stereocenters. The fraction of sp³-hybridized carbons (Fsp3) is 0.556. The second kappa shape index (κ2) is 5.09. The number of ether oxygens (including phenoxy) is 2. The van der Waals surface area contributed by atoms with Crippen molar-refractivity contribution in [3.63, 3.8) is 0 Å². The number of nitrogens with zero attached hydrogens (tertiary/aromatic N) is 1. The maximum absolute atomic E-state index is 5.37. The summed E-state index contributed by atoms with van der Waals surface area (Å²) in [7, 11) is 0. The van der Waals surface area contributed by atoms with Crippen LogP contribution in [0.15, 0.2) is 25.3 Å². The molecule has 68 valence electrons. The molecule has 1 heterocycles. The van der Waals surface area contributed by atoms with Crippen molar-refractivity contribution in [2.75, 3.05) is 20.1 Å². The first-order valence-corrected chi connectivity index (χ1v) is 4.03. The fourth-order valence-corrected chi connectivity index (χ4v) is 1.17. The summed E-state index contributed by atoms with van der Waals surface area (Å²) in [5, 5.41) is 0. The summed E-state index contributed by atoms with van der Waals surface area (Å²) in [6.45, 7) is 9.13. The van der Waals surface area contributed by atoms with Gasteiger partial charge in [-0.25, -0.2) is 0 Å². The van der Waals surface area contributed by atoms with Gasteiger partial charge in [-0.05, 0) is 0 Å². The molecule has 1 saturated heterocycles. The summed E-state index contributed by atoms with van der Waals surface area (Å²) in [5.41, 5.74) is 0. The SMILES string of the molecule is C=CCC1OCOCN1CC=C. The molecule has 0 radical (unpaired) electrons. The van der Waals surface area contributed by atoms with Crippen LogP contribution in [0.5, 0.6) is 0 Å². The average molecular weight is 169 g/mol. The number of hydrogen-bond donors (Lipinski definition) is 0. The molecule has 1 fully saturated rings. The maximum Gasteiger partial charge on any atom is 0.150 e. The lowest BCUT2D eigenvalue weighted by Gasteiger charge is -2.33. The van der Waals surface area contributed by atoms with Crippen LogP contribution < -0.4 is 0 Å². The Morgan fingerprint density at radius 3 is 2.92 bits per heavy atom. The molecule has 0 saturated carbocycles. The first-order valence-electron chi connectivity index (χ1n) is 4.03. The minimum atomic E-state index is 0.106. The van der Waals surface area contributed by atoms with Crippen LogP contribution >= 0.6 is 0 Å². The summed E-state index contributed by atoms with van der Waals surface area (Å²) >= 11 is 0. The third kappa shape index (κ3) is 2.44. The maximum atomic E-state index is 5.37. The molecular weight excluding hydrogens is 154 g/mol. The molecule has 0 bridgehead atoms. The third-order valence-corrected chi connectivity index (χ3v) is 1.74. The normalized spacial score (nSPS) is 25.2. The van der Waals surface area contributed by atoms with Gasteiger partial charge in [0.1, 0.15) is 13.0 Å². The molecular formula is C9H15NO2. The monoisotopic (exact) mass is 169 g/mol. The zero-order valence-corrected chi connectivity index (χ0v) is 7.24. The first-order chi connectivity index (χ1) is 5.88. The Morgan fingerprint density at radius 1 is 1.42 bits per heavy atom. The molecule has 0 N–H and O–H groups in total.